The Morgan fingerprint density at radius 1 is 0.778 bits per heavy atom. The van der Waals surface area contributed by atoms with E-state index in [1.54, 1.807) is 0 Å². The maximum Gasteiger partial charge on any atom is 0.225 e. The molecule has 0 saturated heterocycles. The molecule has 2 aliphatic rings. The van der Waals surface area contributed by atoms with Crippen molar-refractivity contribution in [2.75, 3.05) is 30.9 Å². The van der Waals surface area contributed by atoms with Crippen molar-refractivity contribution >= 4 is 22.7 Å². The van der Waals surface area contributed by atoms with Crippen molar-refractivity contribution in [3.63, 3.8) is 0 Å². The predicted octanol–water partition coefficient (Wildman–Crippen LogP) is 5.95. The smallest absolute Gasteiger partial charge is 0.225 e. The highest BCUT2D eigenvalue weighted by Crippen LogP contribution is 2.43. The van der Waals surface area contributed by atoms with Gasteiger partial charge in [0.25, 0.3) is 0 Å². The van der Waals surface area contributed by atoms with Gasteiger partial charge in [-0.1, -0.05) is 48.5 Å². The molecule has 36 heavy (non-hydrogen) atoms. The number of para-hydroxylation sites is 3. The number of nitrogens with one attached hydrogen (secondary N) is 2. The van der Waals surface area contributed by atoms with E-state index in [0.29, 0.717) is 18.0 Å². The van der Waals surface area contributed by atoms with Gasteiger partial charge in [-0.05, 0) is 49.9 Å². The van der Waals surface area contributed by atoms with Crippen LogP contribution in [0.2, 0.25) is 0 Å². The Morgan fingerprint density at radius 3 is 2.08 bits per heavy atom. The van der Waals surface area contributed by atoms with Crippen LogP contribution in [0.4, 0.5) is 11.8 Å². The molecule has 0 bridgehead atoms. The molecule has 1 aromatic heterocycles. The Bertz CT molecular complexity index is 1320. The first-order chi connectivity index (χ1) is 17.7. The number of benzene rings is 3. The van der Waals surface area contributed by atoms with Crippen molar-refractivity contribution < 1.29 is 4.74 Å². The van der Waals surface area contributed by atoms with Crippen LogP contribution in [-0.4, -0.2) is 42.7 Å². The monoisotopic (exact) mass is 479 g/mol. The van der Waals surface area contributed by atoms with Crippen LogP contribution in [0.5, 0.6) is 11.5 Å². The van der Waals surface area contributed by atoms with Gasteiger partial charge in [-0.25, -0.2) is 4.98 Å². The number of hydrogen-bond acceptors (Lipinski definition) is 6. The molecular formula is C30H33N5O. The molecule has 2 heterocycles. The first kappa shape index (κ1) is 22.8. The summed E-state index contributed by atoms with van der Waals surface area (Å²) in [5.74, 6) is 3.93. The molecule has 1 aliphatic carbocycles. The Hall–Kier alpha value is -3.64. The molecule has 6 heteroatoms. The van der Waals surface area contributed by atoms with Gasteiger partial charge in [0.15, 0.2) is 0 Å². The number of anilines is 2. The van der Waals surface area contributed by atoms with Crippen molar-refractivity contribution in [1.82, 2.24) is 15.3 Å². The fourth-order valence-corrected chi connectivity index (χ4v) is 5.60. The minimum absolute atomic E-state index is 0.303. The van der Waals surface area contributed by atoms with E-state index in [2.05, 4.69) is 64.1 Å². The van der Waals surface area contributed by atoms with Crippen molar-refractivity contribution in [3.8, 4) is 11.5 Å². The molecule has 6 nitrogen and oxygen atoms in total. The molecule has 184 valence electrons. The number of aromatic nitrogens is 2. The summed E-state index contributed by atoms with van der Waals surface area (Å²) in [7, 11) is 4.06. The maximum absolute atomic E-state index is 6.17. The predicted molar refractivity (Wildman–Crippen MR) is 146 cm³/mol. The third-order valence-corrected chi connectivity index (χ3v) is 7.49. The molecule has 2 N–H and O–H groups in total. The Kier molecular flexibility index (Phi) is 6.20. The highest BCUT2D eigenvalue weighted by Gasteiger charge is 2.28. The van der Waals surface area contributed by atoms with Gasteiger partial charge in [0.1, 0.15) is 17.3 Å². The van der Waals surface area contributed by atoms with Gasteiger partial charge in [-0.2, -0.15) is 4.98 Å². The minimum atomic E-state index is 0.303. The molecule has 0 amide bonds. The van der Waals surface area contributed by atoms with E-state index in [1.165, 1.54) is 11.1 Å². The lowest BCUT2D eigenvalue weighted by Gasteiger charge is -2.33. The van der Waals surface area contributed by atoms with Crippen LogP contribution in [0.25, 0.3) is 10.9 Å². The molecule has 1 fully saturated rings. The van der Waals surface area contributed by atoms with Gasteiger partial charge >= 0.3 is 0 Å². The second-order valence-electron chi connectivity index (χ2n) is 10.1. The highest BCUT2D eigenvalue weighted by atomic mass is 16.5. The second-order valence-corrected chi connectivity index (χ2v) is 10.1. The summed E-state index contributed by atoms with van der Waals surface area (Å²) < 4.78 is 6.17. The standard InChI is InChI=1S/C30H33N5O/c1-35(2)29-24-11-3-6-12-26(24)33-30(34-29)32-21-17-15-20(16-18-21)31-19-25-22-9-4-7-13-27(22)36-28-14-8-5-10-23(25)28/h3-14,20-21,25,31H,15-19H2,1-2H3,(H,32,33,34). The normalized spacial score (nSPS) is 19.3. The van der Waals surface area contributed by atoms with Crippen molar-refractivity contribution in [3.05, 3.63) is 83.9 Å². The van der Waals surface area contributed by atoms with Crippen LogP contribution < -0.4 is 20.3 Å². The van der Waals surface area contributed by atoms with E-state index in [4.69, 9.17) is 14.7 Å². The lowest BCUT2D eigenvalue weighted by Crippen LogP contribution is -2.39. The zero-order valence-electron chi connectivity index (χ0n) is 20.9. The lowest BCUT2D eigenvalue weighted by molar-refractivity contribution is 0.346. The maximum atomic E-state index is 6.17. The molecule has 0 unspecified atom stereocenters. The van der Waals surface area contributed by atoms with Gasteiger partial charge in [-0.15, -0.1) is 0 Å². The molecular weight excluding hydrogens is 446 g/mol. The van der Waals surface area contributed by atoms with Gasteiger partial charge in [0, 0.05) is 55.2 Å². The quantitative estimate of drug-likeness (QED) is 0.357. The number of rotatable bonds is 6. The molecule has 3 aromatic carbocycles. The van der Waals surface area contributed by atoms with E-state index in [-0.39, 0.29) is 0 Å². The molecule has 1 saturated carbocycles. The summed E-state index contributed by atoms with van der Waals surface area (Å²) in [6, 6.07) is 26.0. The second kappa shape index (κ2) is 9.78. The zero-order valence-corrected chi connectivity index (χ0v) is 20.9. The summed E-state index contributed by atoms with van der Waals surface area (Å²) in [6.45, 7) is 0.917. The molecule has 0 spiro atoms. The summed E-state index contributed by atoms with van der Waals surface area (Å²) in [5.41, 5.74) is 3.51. The Morgan fingerprint density at radius 2 is 1.39 bits per heavy atom. The fraction of sp³-hybridized carbons (Fsp3) is 0.333. The van der Waals surface area contributed by atoms with Gasteiger partial charge in [0.2, 0.25) is 5.95 Å². The summed E-state index contributed by atoms with van der Waals surface area (Å²) in [6.07, 6.45) is 4.48. The summed E-state index contributed by atoms with van der Waals surface area (Å²) >= 11 is 0. The number of hydrogen-bond donors (Lipinski definition) is 2. The molecule has 0 atom stereocenters. The first-order valence-corrected chi connectivity index (χ1v) is 13.0. The molecule has 4 aromatic rings. The Balaban J connectivity index is 1.10. The average Bonchev–Trinajstić information content (AvgIpc) is 2.91. The topological polar surface area (TPSA) is 62.3 Å². The fourth-order valence-electron chi connectivity index (χ4n) is 5.60. The van der Waals surface area contributed by atoms with Gasteiger partial charge < -0.3 is 20.3 Å². The van der Waals surface area contributed by atoms with Crippen molar-refractivity contribution in [1.29, 1.82) is 0 Å². The largest absolute Gasteiger partial charge is 0.457 e. The zero-order chi connectivity index (χ0) is 24.5. The van der Waals surface area contributed by atoms with Crippen LogP contribution >= 0.6 is 0 Å². The van der Waals surface area contributed by atoms with E-state index in [1.807, 2.05) is 38.4 Å². The van der Waals surface area contributed by atoms with Crippen molar-refractivity contribution in [2.45, 2.75) is 43.7 Å². The van der Waals surface area contributed by atoms with Gasteiger partial charge in [-0.3, -0.25) is 0 Å². The van der Waals surface area contributed by atoms with E-state index >= 15 is 0 Å². The summed E-state index contributed by atoms with van der Waals surface area (Å²) in [4.78, 5) is 11.7. The van der Waals surface area contributed by atoms with Crippen LogP contribution in [-0.2, 0) is 0 Å². The minimum Gasteiger partial charge on any atom is -0.457 e. The lowest BCUT2D eigenvalue weighted by atomic mass is 9.86. The molecule has 6 rings (SSSR count). The van der Waals surface area contributed by atoms with Crippen LogP contribution in [0.1, 0.15) is 42.7 Å². The molecule has 0 radical (unpaired) electrons. The Labute approximate surface area is 212 Å². The molecule has 1 aliphatic heterocycles. The average molecular weight is 480 g/mol. The van der Waals surface area contributed by atoms with Gasteiger partial charge in [0.05, 0.1) is 5.52 Å². The summed E-state index contributed by atoms with van der Waals surface area (Å²) in [5, 5.41) is 8.59. The number of fused-ring (bicyclic) bond motifs is 3. The van der Waals surface area contributed by atoms with Crippen LogP contribution in [0.15, 0.2) is 72.8 Å². The van der Waals surface area contributed by atoms with Crippen LogP contribution in [0, 0.1) is 0 Å². The SMILES string of the molecule is CN(C)c1nc(NC2CCC(NCC3c4ccccc4Oc4ccccc43)CC2)nc2ccccc12. The number of nitrogens with zero attached hydrogens (tertiary/aromatic N) is 3. The highest BCUT2D eigenvalue weighted by molar-refractivity contribution is 5.90. The van der Waals surface area contributed by atoms with Crippen LogP contribution in [0.3, 0.4) is 0 Å². The first-order valence-electron chi connectivity index (χ1n) is 13.0. The third kappa shape index (κ3) is 4.49. The van der Waals surface area contributed by atoms with E-state index < -0.39 is 0 Å². The van der Waals surface area contributed by atoms with E-state index in [9.17, 15) is 0 Å². The third-order valence-electron chi connectivity index (χ3n) is 7.49. The van der Waals surface area contributed by atoms with Crippen molar-refractivity contribution in [2.24, 2.45) is 0 Å². The number of ether oxygens (including phenoxy) is 1. The van der Waals surface area contributed by atoms with E-state index in [0.717, 1.165) is 66.4 Å².